The van der Waals surface area contributed by atoms with Crippen molar-refractivity contribution in [2.24, 2.45) is 11.8 Å². The molecule has 1 N–H and O–H groups in total. The third kappa shape index (κ3) is 4.91. The third-order valence-electron chi connectivity index (χ3n) is 4.13. The maximum absolute atomic E-state index is 12.8. The Morgan fingerprint density at radius 1 is 1.38 bits per heavy atom. The molecule has 0 unspecified atom stereocenters. The highest BCUT2D eigenvalue weighted by Gasteiger charge is 2.37. The number of thiocarbonyl (C=S) groups is 1. The lowest BCUT2D eigenvalue weighted by Gasteiger charge is -2.28. The SMILES string of the molecule is CC(C)C[C@H]1CSC(=S)N1C(=O)[C@@H](C)[C@H](O)/C=C/c1ccccc1. The van der Waals surface area contributed by atoms with Crippen LogP contribution < -0.4 is 0 Å². The van der Waals surface area contributed by atoms with Gasteiger partial charge < -0.3 is 5.11 Å². The molecule has 0 aromatic heterocycles. The predicted molar refractivity (Wildman–Crippen MR) is 106 cm³/mol. The van der Waals surface area contributed by atoms with Crippen molar-refractivity contribution in [3.05, 3.63) is 42.0 Å². The van der Waals surface area contributed by atoms with Crippen LogP contribution in [0.3, 0.4) is 0 Å². The summed E-state index contributed by atoms with van der Waals surface area (Å²) in [6.07, 6.45) is 3.63. The molecule has 24 heavy (non-hydrogen) atoms. The van der Waals surface area contributed by atoms with E-state index in [9.17, 15) is 9.90 Å². The van der Waals surface area contributed by atoms with Gasteiger partial charge in [0.15, 0.2) is 0 Å². The Bertz CT molecular complexity index is 601. The highest BCUT2D eigenvalue weighted by Crippen LogP contribution is 2.30. The molecule has 5 heteroatoms. The summed E-state index contributed by atoms with van der Waals surface area (Å²) in [7, 11) is 0. The van der Waals surface area contributed by atoms with Crippen LogP contribution in [0.4, 0.5) is 0 Å². The molecule has 0 spiro atoms. The van der Waals surface area contributed by atoms with E-state index < -0.39 is 12.0 Å². The molecule has 1 aliphatic rings. The van der Waals surface area contributed by atoms with Crippen molar-refractivity contribution in [2.45, 2.75) is 39.3 Å². The molecular formula is C19H25NO2S2. The molecule has 0 aliphatic carbocycles. The van der Waals surface area contributed by atoms with Gasteiger partial charge in [-0.2, -0.15) is 0 Å². The number of thioether (sulfide) groups is 1. The van der Waals surface area contributed by atoms with E-state index in [4.69, 9.17) is 12.2 Å². The number of nitrogens with zero attached hydrogens (tertiary/aromatic N) is 1. The molecule has 130 valence electrons. The van der Waals surface area contributed by atoms with Crippen LogP contribution >= 0.6 is 24.0 Å². The molecule has 3 atom stereocenters. The Balaban J connectivity index is 2.04. The summed E-state index contributed by atoms with van der Waals surface area (Å²) in [6.45, 7) is 6.06. The van der Waals surface area contributed by atoms with Crippen molar-refractivity contribution in [3.8, 4) is 0 Å². The minimum absolute atomic E-state index is 0.0825. The molecule has 3 nitrogen and oxygen atoms in total. The molecule has 0 radical (unpaired) electrons. The van der Waals surface area contributed by atoms with Crippen molar-refractivity contribution in [3.63, 3.8) is 0 Å². The van der Waals surface area contributed by atoms with E-state index >= 15 is 0 Å². The van der Waals surface area contributed by atoms with Gasteiger partial charge in [-0.05, 0) is 17.9 Å². The van der Waals surface area contributed by atoms with Gasteiger partial charge in [-0.1, -0.05) is 87.2 Å². The minimum atomic E-state index is -0.828. The topological polar surface area (TPSA) is 40.5 Å². The maximum Gasteiger partial charge on any atom is 0.234 e. The van der Waals surface area contributed by atoms with Crippen LogP contribution in [0.5, 0.6) is 0 Å². The summed E-state index contributed by atoms with van der Waals surface area (Å²) in [5.41, 5.74) is 1.00. The first-order valence-electron chi connectivity index (χ1n) is 8.31. The molecule has 1 aromatic rings. The van der Waals surface area contributed by atoms with Gasteiger partial charge in [-0.25, -0.2) is 0 Å². The zero-order valence-electron chi connectivity index (χ0n) is 14.4. The van der Waals surface area contributed by atoms with Crippen LogP contribution in [0.15, 0.2) is 36.4 Å². The highest BCUT2D eigenvalue weighted by atomic mass is 32.2. The molecule has 2 rings (SSSR count). The number of carbonyl (C=O) groups is 1. The second-order valence-corrected chi connectivity index (χ2v) is 8.27. The Labute approximate surface area is 154 Å². The first-order valence-corrected chi connectivity index (χ1v) is 9.70. The molecule has 1 aromatic carbocycles. The van der Waals surface area contributed by atoms with Crippen molar-refractivity contribution in [1.82, 2.24) is 4.90 Å². The summed E-state index contributed by atoms with van der Waals surface area (Å²) in [6, 6.07) is 9.89. The second-order valence-electron chi connectivity index (χ2n) is 6.62. The number of aliphatic hydroxyl groups excluding tert-OH is 1. The molecule has 0 bridgehead atoms. The van der Waals surface area contributed by atoms with Gasteiger partial charge in [-0.15, -0.1) is 0 Å². The summed E-state index contributed by atoms with van der Waals surface area (Å²) >= 11 is 6.92. The molecule has 1 saturated heterocycles. The Kier molecular flexibility index (Phi) is 7.02. The van der Waals surface area contributed by atoms with Crippen LogP contribution in [0.1, 0.15) is 32.8 Å². The van der Waals surface area contributed by atoms with E-state index in [2.05, 4.69) is 13.8 Å². The summed E-state index contributed by atoms with van der Waals surface area (Å²) < 4.78 is 0.636. The lowest BCUT2D eigenvalue weighted by atomic mass is 9.99. The Morgan fingerprint density at radius 3 is 2.67 bits per heavy atom. The lowest BCUT2D eigenvalue weighted by Crippen LogP contribution is -2.44. The standard InChI is InChI=1S/C19H25NO2S2/c1-13(2)11-16-12-24-19(23)20(16)18(22)14(3)17(21)10-9-15-7-5-4-6-8-15/h4-10,13-14,16-17,21H,11-12H2,1-3H3/b10-9+/t14-,16-,17+/m0/s1. The van der Waals surface area contributed by atoms with E-state index in [0.717, 1.165) is 17.7 Å². The van der Waals surface area contributed by atoms with Gasteiger partial charge in [0.1, 0.15) is 4.32 Å². The van der Waals surface area contributed by atoms with Crippen molar-refractivity contribution >= 4 is 40.3 Å². The van der Waals surface area contributed by atoms with Crippen LogP contribution in [0.25, 0.3) is 6.08 Å². The molecule has 1 amide bonds. The fourth-order valence-corrected chi connectivity index (χ4v) is 4.20. The number of carbonyl (C=O) groups excluding carboxylic acids is 1. The average molecular weight is 364 g/mol. The van der Waals surface area contributed by atoms with Crippen LogP contribution in [-0.2, 0) is 4.79 Å². The average Bonchev–Trinajstić information content (AvgIpc) is 2.92. The Morgan fingerprint density at radius 2 is 2.04 bits per heavy atom. The predicted octanol–water partition coefficient (Wildman–Crippen LogP) is 3.97. The maximum atomic E-state index is 12.8. The van der Waals surface area contributed by atoms with Gasteiger partial charge >= 0.3 is 0 Å². The van der Waals surface area contributed by atoms with Crippen LogP contribution in [0.2, 0.25) is 0 Å². The number of rotatable bonds is 6. The van der Waals surface area contributed by atoms with Crippen molar-refractivity contribution in [1.29, 1.82) is 0 Å². The second kappa shape index (κ2) is 8.79. The van der Waals surface area contributed by atoms with Gasteiger partial charge in [-0.3, -0.25) is 9.69 Å². The number of hydrogen-bond donors (Lipinski definition) is 1. The smallest absolute Gasteiger partial charge is 0.234 e. The van der Waals surface area contributed by atoms with E-state index in [1.165, 1.54) is 0 Å². The van der Waals surface area contributed by atoms with E-state index in [0.29, 0.717) is 10.2 Å². The van der Waals surface area contributed by atoms with Gasteiger partial charge in [0.25, 0.3) is 0 Å². The van der Waals surface area contributed by atoms with Gasteiger partial charge in [0.05, 0.1) is 12.0 Å². The first kappa shape index (κ1) is 19.2. The van der Waals surface area contributed by atoms with E-state index in [1.54, 1.807) is 29.7 Å². The van der Waals surface area contributed by atoms with Gasteiger partial charge in [0, 0.05) is 11.8 Å². The highest BCUT2D eigenvalue weighted by molar-refractivity contribution is 8.23. The molecule has 1 fully saturated rings. The van der Waals surface area contributed by atoms with E-state index in [1.807, 2.05) is 36.4 Å². The molecule has 1 heterocycles. The Hall–Kier alpha value is -1.17. The number of aliphatic hydroxyl groups is 1. The first-order chi connectivity index (χ1) is 11.4. The molecular weight excluding hydrogens is 338 g/mol. The van der Waals surface area contributed by atoms with E-state index in [-0.39, 0.29) is 11.9 Å². The van der Waals surface area contributed by atoms with Crippen LogP contribution in [0, 0.1) is 11.8 Å². The fraction of sp³-hybridized carbons (Fsp3) is 0.474. The van der Waals surface area contributed by atoms with Crippen LogP contribution in [-0.4, -0.2) is 38.1 Å². The molecule has 1 aliphatic heterocycles. The third-order valence-corrected chi connectivity index (χ3v) is 5.67. The largest absolute Gasteiger partial charge is 0.388 e. The summed E-state index contributed by atoms with van der Waals surface area (Å²) in [5.74, 6) is 0.757. The number of amides is 1. The quantitative estimate of drug-likeness (QED) is 0.777. The summed E-state index contributed by atoms with van der Waals surface area (Å²) in [4.78, 5) is 14.6. The molecule has 0 saturated carbocycles. The zero-order chi connectivity index (χ0) is 17.7. The zero-order valence-corrected chi connectivity index (χ0v) is 16.0. The van der Waals surface area contributed by atoms with Crippen molar-refractivity contribution < 1.29 is 9.90 Å². The number of hydrogen-bond acceptors (Lipinski definition) is 4. The minimum Gasteiger partial charge on any atom is -0.388 e. The van der Waals surface area contributed by atoms with Crippen molar-refractivity contribution in [2.75, 3.05) is 5.75 Å². The normalized spacial score (nSPS) is 20.8. The monoisotopic (exact) mass is 363 g/mol. The number of benzene rings is 1. The van der Waals surface area contributed by atoms with Gasteiger partial charge in [0.2, 0.25) is 5.91 Å². The fourth-order valence-electron chi connectivity index (χ4n) is 2.75. The lowest BCUT2D eigenvalue weighted by molar-refractivity contribution is -0.134. The summed E-state index contributed by atoms with van der Waals surface area (Å²) in [5, 5.41) is 10.4.